The maximum atomic E-state index is 12.2. The molecule has 0 N–H and O–H groups in total. The molecule has 1 amide bonds. The Morgan fingerprint density at radius 2 is 1.64 bits per heavy atom. The maximum absolute atomic E-state index is 12.2. The SMILES string of the molecule is [CH]c1ccc(OC(=O)N2CCC(N3CCCCC3)CC2)cc1. The highest BCUT2D eigenvalue weighted by Gasteiger charge is 2.28. The standard InChI is InChI=1S/C18H24N2O2/c1-15-5-7-17(8-6-15)22-18(21)20-13-9-16(10-14-20)19-11-3-2-4-12-19/h1,5-8,16H,2-4,9-14H2. The molecule has 4 nitrogen and oxygen atoms in total. The van der Waals surface area contributed by atoms with Crippen LogP contribution in [0.2, 0.25) is 0 Å². The summed E-state index contributed by atoms with van der Waals surface area (Å²) in [7, 11) is 0. The van der Waals surface area contributed by atoms with Gasteiger partial charge in [-0.25, -0.2) is 4.79 Å². The lowest BCUT2D eigenvalue weighted by atomic mass is 10.0. The van der Waals surface area contributed by atoms with Crippen LogP contribution < -0.4 is 4.74 Å². The van der Waals surface area contributed by atoms with E-state index in [4.69, 9.17) is 11.7 Å². The number of hydrogen-bond donors (Lipinski definition) is 0. The molecular formula is C18H24N2O2. The van der Waals surface area contributed by atoms with E-state index in [1.807, 2.05) is 4.90 Å². The number of amides is 1. The van der Waals surface area contributed by atoms with Crippen LogP contribution in [0.5, 0.6) is 5.75 Å². The second kappa shape index (κ2) is 7.14. The van der Waals surface area contributed by atoms with E-state index in [1.54, 1.807) is 24.3 Å². The predicted molar refractivity (Wildman–Crippen MR) is 85.9 cm³/mol. The molecule has 2 radical (unpaired) electrons. The molecule has 2 fully saturated rings. The van der Waals surface area contributed by atoms with Crippen molar-refractivity contribution >= 4 is 6.09 Å². The first-order valence-corrected chi connectivity index (χ1v) is 8.29. The molecular weight excluding hydrogens is 276 g/mol. The van der Waals surface area contributed by atoms with Crippen molar-refractivity contribution in [2.75, 3.05) is 26.2 Å². The number of rotatable bonds is 2. The first-order chi connectivity index (χ1) is 10.7. The highest BCUT2D eigenvalue weighted by molar-refractivity contribution is 5.70. The van der Waals surface area contributed by atoms with Crippen molar-refractivity contribution in [3.8, 4) is 5.75 Å². The summed E-state index contributed by atoms with van der Waals surface area (Å²) in [6, 6.07) is 7.58. The third kappa shape index (κ3) is 3.80. The van der Waals surface area contributed by atoms with Gasteiger partial charge in [-0.15, -0.1) is 0 Å². The van der Waals surface area contributed by atoms with Crippen molar-refractivity contribution in [3.05, 3.63) is 36.8 Å². The van der Waals surface area contributed by atoms with Crippen LogP contribution in [-0.4, -0.2) is 48.1 Å². The Bertz CT molecular complexity index is 486. The number of hydrogen-bond acceptors (Lipinski definition) is 3. The van der Waals surface area contributed by atoms with Crippen LogP contribution in [0, 0.1) is 6.92 Å². The molecule has 2 heterocycles. The van der Waals surface area contributed by atoms with E-state index in [0.29, 0.717) is 17.4 Å². The molecule has 2 saturated heterocycles. The Balaban J connectivity index is 1.48. The fourth-order valence-electron chi connectivity index (χ4n) is 3.40. The summed E-state index contributed by atoms with van der Waals surface area (Å²) in [5.74, 6) is 0.553. The second-order valence-electron chi connectivity index (χ2n) is 6.25. The zero-order chi connectivity index (χ0) is 15.4. The number of ether oxygens (including phenoxy) is 1. The smallest absolute Gasteiger partial charge is 0.410 e. The van der Waals surface area contributed by atoms with E-state index in [0.717, 1.165) is 25.9 Å². The normalized spacial score (nSPS) is 20.9. The molecule has 3 rings (SSSR count). The summed E-state index contributed by atoms with van der Waals surface area (Å²) in [6.45, 7) is 9.65. The van der Waals surface area contributed by atoms with Gasteiger partial charge in [0.15, 0.2) is 0 Å². The third-order valence-electron chi connectivity index (χ3n) is 4.71. The first kappa shape index (κ1) is 15.3. The van der Waals surface area contributed by atoms with Crippen molar-refractivity contribution in [3.63, 3.8) is 0 Å². The van der Waals surface area contributed by atoms with Gasteiger partial charge in [0.2, 0.25) is 0 Å². The van der Waals surface area contributed by atoms with Crippen LogP contribution in [0.15, 0.2) is 24.3 Å². The van der Waals surface area contributed by atoms with E-state index in [1.165, 1.54) is 32.4 Å². The van der Waals surface area contributed by atoms with Gasteiger partial charge in [0, 0.05) is 19.1 Å². The Kier molecular flexibility index (Phi) is 4.98. The van der Waals surface area contributed by atoms with Gasteiger partial charge in [-0.2, -0.15) is 0 Å². The summed E-state index contributed by atoms with van der Waals surface area (Å²) in [6.07, 6.45) is 5.86. The van der Waals surface area contributed by atoms with Crippen molar-refractivity contribution in [2.45, 2.75) is 38.1 Å². The van der Waals surface area contributed by atoms with E-state index >= 15 is 0 Å². The molecule has 0 aromatic heterocycles. The molecule has 0 unspecified atom stereocenters. The monoisotopic (exact) mass is 300 g/mol. The van der Waals surface area contributed by atoms with Crippen molar-refractivity contribution < 1.29 is 9.53 Å². The first-order valence-electron chi connectivity index (χ1n) is 8.29. The van der Waals surface area contributed by atoms with E-state index in [2.05, 4.69) is 4.90 Å². The van der Waals surface area contributed by atoms with Gasteiger partial charge in [0.1, 0.15) is 5.75 Å². The zero-order valence-corrected chi connectivity index (χ0v) is 13.0. The number of likely N-dealkylation sites (tertiary alicyclic amines) is 2. The van der Waals surface area contributed by atoms with Gasteiger partial charge >= 0.3 is 6.09 Å². The van der Waals surface area contributed by atoms with Gasteiger partial charge in [-0.05, 0) is 63.4 Å². The van der Waals surface area contributed by atoms with Crippen LogP contribution >= 0.6 is 0 Å². The molecule has 22 heavy (non-hydrogen) atoms. The maximum Gasteiger partial charge on any atom is 0.415 e. The van der Waals surface area contributed by atoms with Gasteiger partial charge in [-0.1, -0.05) is 18.6 Å². The summed E-state index contributed by atoms with van der Waals surface area (Å²) in [5, 5.41) is 0. The Morgan fingerprint density at radius 3 is 2.27 bits per heavy atom. The van der Waals surface area contributed by atoms with Crippen molar-refractivity contribution in [1.82, 2.24) is 9.80 Å². The van der Waals surface area contributed by atoms with Crippen LogP contribution in [0.4, 0.5) is 4.79 Å². The minimum Gasteiger partial charge on any atom is -0.410 e. The average molecular weight is 300 g/mol. The molecule has 0 aliphatic carbocycles. The molecule has 0 atom stereocenters. The lowest BCUT2D eigenvalue weighted by Gasteiger charge is -2.39. The number of piperidine rings is 2. The summed E-state index contributed by atoms with van der Waals surface area (Å²) in [4.78, 5) is 16.6. The fraction of sp³-hybridized carbons (Fsp3) is 0.556. The lowest BCUT2D eigenvalue weighted by molar-refractivity contribution is 0.0878. The van der Waals surface area contributed by atoms with Crippen molar-refractivity contribution in [2.24, 2.45) is 0 Å². The fourth-order valence-corrected chi connectivity index (χ4v) is 3.40. The third-order valence-corrected chi connectivity index (χ3v) is 4.71. The quantitative estimate of drug-likeness (QED) is 0.841. The van der Waals surface area contributed by atoms with Gasteiger partial charge in [-0.3, -0.25) is 0 Å². The topological polar surface area (TPSA) is 32.8 Å². The van der Waals surface area contributed by atoms with Gasteiger partial charge in [0.05, 0.1) is 0 Å². The molecule has 1 aromatic carbocycles. The largest absolute Gasteiger partial charge is 0.415 e. The van der Waals surface area contributed by atoms with E-state index in [9.17, 15) is 4.79 Å². The summed E-state index contributed by atoms with van der Waals surface area (Å²) < 4.78 is 5.41. The summed E-state index contributed by atoms with van der Waals surface area (Å²) >= 11 is 0. The highest BCUT2D eigenvalue weighted by atomic mass is 16.6. The Hall–Kier alpha value is -1.55. The van der Waals surface area contributed by atoms with Crippen LogP contribution in [0.1, 0.15) is 37.7 Å². The van der Waals surface area contributed by atoms with Gasteiger partial charge < -0.3 is 14.5 Å². The molecule has 0 spiro atoms. The molecule has 2 aliphatic rings. The Morgan fingerprint density at radius 1 is 1.00 bits per heavy atom. The zero-order valence-electron chi connectivity index (χ0n) is 13.0. The molecule has 1 aromatic rings. The van der Waals surface area contributed by atoms with Crippen LogP contribution in [-0.2, 0) is 0 Å². The van der Waals surface area contributed by atoms with E-state index in [-0.39, 0.29) is 6.09 Å². The Labute approximate surface area is 133 Å². The van der Waals surface area contributed by atoms with E-state index < -0.39 is 0 Å². The summed E-state index contributed by atoms with van der Waals surface area (Å²) in [5.41, 5.74) is 0.669. The number of carbonyl (C=O) groups excluding carboxylic acids is 1. The predicted octanol–water partition coefficient (Wildman–Crippen LogP) is 3.19. The lowest BCUT2D eigenvalue weighted by Crippen LogP contribution is -2.48. The molecule has 0 saturated carbocycles. The molecule has 4 heteroatoms. The number of benzene rings is 1. The molecule has 2 aliphatic heterocycles. The number of carbonyl (C=O) groups is 1. The molecule has 118 valence electrons. The molecule has 0 bridgehead atoms. The average Bonchev–Trinajstić information content (AvgIpc) is 2.58. The minimum absolute atomic E-state index is 0.248. The van der Waals surface area contributed by atoms with Gasteiger partial charge in [0.25, 0.3) is 0 Å². The van der Waals surface area contributed by atoms with Crippen LogP contribution in [0.25, 0.3) is 0 Å². The van der Waals surface area contributed by atoms with Crippen LogP contribution in [0.3, 0.4) is 0 Å². The highest BCUT2D eigenvalue weighted by Crippen LogP contribution is 2.22. The minimum atomic E-state index is -0.248. The second-order valence-corrected chi connectivity index (χ2v) is 6.25. The van der Waals surface area contributed by atoms with Crippen molar-refractivity contribution in [1.29, 1.82) is 0 Å². The number of nitrogens with zero attached hydrogens (tertiary/aromatic N) is 2.